The van der Waals surface area contributed by atoms with Crippen LogP contribution in [0.5, 0.6) is 0 Å². The first-order valence-electron chi connectivity index (χ1n) is 40.3. The number of hydrogen-bond acceptors (Lipinski definition) is 8. The van der Waals surface area contributed by atoms with E-state index in [0.29, 0.717) is 20.9 Å². The van der Waals surface area contributed by atoms with Crippen LogP contribution in [0.15, 0.2) is 68.7 Å². The van der Waals surface area contributed by atoms with E-state index in [4.69, 9.17) is 0 Å². The molecule has 9 rings (SSSR count). The van der Waals surface area contributed by atoms with E-state index >= 15 is 0 Å². The van der Waals surface area contributed by atoms with E-state index in [1.54, 1.807) is 54.2 Å². The topological polar surface area (TPSA) is 34.1 Å². The van der Waals surface area contributed by atoms with Gasteiger partial charge in [0.15, 0.2) is 0 Å². The predicted octanol–water partition coefficient (Wildman–Crippen LogP) is 32.0. The third-order valence-corrected chi connectivity index (χ3v) is 25.4. The molecule has 99 heavy (non-hydrogen) atoms. The number of unbranched alkanes of at least 4 members (excludes halogenated alkanes) is 42. The van der Waals surface area contributed by atoms with Gasteiger partial charge in [-0.05, 0) is 142 Å². The number of aryl methyl sites for hydroxylation is 2. The Bertz CT molecular complexity index is 3290. The molecule has 8 heteroatoms. The molecule has 0 N–H and O–H groups in total. The lowest BCUT2D eigenvalue weighted by atomic mass is 9.95. The van der Waals surface area contributed by atoms with Crippen molar-refractivity contribution in [2.45, 2.75) is 356 Å². The molecule has 0 saturated heterocycles. The second-order valence-electron chi connectivity index (χ2n) is 27.9. The number of carbonyl (C=O) groups excluding carboxylic acids is 2. The highest BCUT2D eigenvalue weighted by Crippen LogP contribution is 2.42. The zero-order chi connectivity index (χ0) is 70.0. The molecule has 0 fully saturated rings. The maximum Gasteiger partial charge on any atom is 0.205 e. The molecular formula is C91H128O2S6. The molecule has 6 heterocycles. The molecule has 1 aliphatic rings. The molecule has 0 unspecified atom stereocenters. The van der Waals surface area contributed by atoms with Crippen LogP contribution in [0.2, 0.25) is 0 Å². The number of carbonyl (C=O) groups is 2. The minimum atomic E-state index is -0.00847. The van der Waals surface area contributed by atoms with Crippen molar-refractivity contribution in [3.8, 4) is 35.5 Å². The highest BCUT2D eigenvalue weighted by Gasteiger charge is 2.31. The summed E-state index contributed by atoms with van der Waals surface area (Å²) in [4.78, 5) is 24.8. The van der Waals surface area contributed by atoms with Gasteiger partial charge in [-0.1, -0.05) is 309 Å². The van der Waals surface area contributed by atoms with Crippen LogP contribution in [-0.4, -0.2) is 11.6 Å². The molecule has 2 nitrogen and oxygen atoms in total. The van der Waals surface area contributed by atoms with E-state index in [0.717, 1.165) is 19.3 Å². The SMILES string of the molecule is CC#CCCCCCCCCCC.CCCCCCCCCCC#Cc1c2ccsc2c(C#CCCCCCCCCCC)c2ccsc12.CCCCCCCCCCCCc1c2ccsc2c(CCCCCCCCCCCC)c2ccsc12.O=C1c2ccsc2C(=O)c2ccsc21. The fourth-order valence-corrected chi connectivity index (χ4v) is 19.4. The van der Waals surface area contributed by atoms with Gasteiger partial charge in [0.1, 0.15) is 0 Å². The Balaban J connectivity index is 0.000000228. The van der Waals surface area contributed by atoms with Crippen LogP contribution in [0.25, 0.3) is 40.3 Å². The Morgan fingerprint density at radius 2 is 0.525 bits per heavy atom. The average Bonchev–Trinajstić information content (AvgIpc) is 1.75. The minimum Gasteiger partial charge on any atom is -0.288 e. The maximum absolute atomic E-state index is 11.8. The standard InChI is InChI=1S/C34H54S2.C34H46S2.C13H24.C10H4O2S2/c2*1-3-5-7-9-11-13-15-17-19-21-23-29-31-25-27-36-34(31)30(32-26-28-35-33(29)32)24-22-20-18-16-14-12-10-8-6-4-2;1-3-5-7-9-11-13-12-10-8-6-4-2;11-7-5-1-3-13-9(5)8(12)6-2-4-14-10(6)7/h25-28H,3-24H2,1-2H3;25-28H,3-20H2,1-2H3;3,5,7-13H2,1-2H3;1-4H. The number of rotatable bonds is 46. The predicted molar refractivity (Wildman–Crippen MR) is 450 cm³/mol. The first kappa shape index (κ1) is 83.6. The van der Waals surface area contributed by atoms with Gasteiger partial charge in [-0.25, -0.2) is 0 Å². The number of fused-ring (bicyclic) bond motifs is 6. The van der Waals surface area contributed by atoms with E-state index in [9.17, 15) is 9.59 Å². The van der Waals surface area contributed by atoms with Crippen LogP contribution in [0.4, 0.5) is 0 Å². The number of thiophene rings is 6. The average molecular weight is 1450 g/mol. The van der Waals surface area contributed by atoms with Gasteiger partial charge < -0.3 is 0 Å². The Labute approximate surface area is 627 Å². The molecule has 0 bridgehead atoms. The lowest BCUT2D eigenvalue weighted by molar-refractivity contribution is 0.0986. The molecule has 0 amide bonds. The van der Waals surface area contributed by atoms with E-state index in [1.807, 2.05) is 52.3 Å². The molecule has 0 spiro atoms. The van der Waals surface area contributed by atoms with Gasteiger partial charge >= 0.3 is 0 Å². The second-order valence-corrected chi connectivity index (χ2v) is 33.4. The van der Waals surface area contributed by atoms with Crippen molar-refractivity contribution in [1.82, 2.24) is 0 Å². The van der Waals surface area contributed by atoms with E-state index in [-0.39, 0.29) is 11.6 Å². The molecule has 0 radical (unpaired) electrons. The van der Waals surface area contributed by atoms with E-state index in [2.05, 4.69) is 116 Å². The van der Waals surface area contributed by atoms with Gasteiger partial charge in [-0.15, -0.1) is 79.9 Å². The van der Waals surface area contributed by atoms with Crippen LogP contribution in [0.1, 0.15) is 396 Å². The normalized spacial score (nSPS) is 11.5. The fraction of sp³-hybridized carbons (Fsp3) is 0.604. The largest absolute Gasteiger partial charge is 0.288 e. The van der Waals surface area contributed by atoms with E-state index < -0.39 is 0 Å². The summed E-state index contributed by atoms with van der Waals surface area (Å²) in [5, 5.41) is 18.4. The fourth-order valence-electron chi connectivity index (χ4n) is 13.8. The molecule has 0 aliphatic heterocycles. The maximum atomic E-state index is 11.8. The quantitative estimate of drug-likeness (QED) is 0.0281. The molecule has 2 aromatic carbocycles. The van der Waals surface area contributed by atoms with Crippen molar-refractivity contribution in [3.63, 3.8) is 0 Å². The van der Waals surface area contributed by atoms with Crippen molar-refractivity contribution in [2.75, 3.05) is 0 Å². The molecule has 0 saturated carbocycles. The van der Waals surface area contributed by atoms with Crippen LogP contribution >= 0.6 is 68.0 Å². The van der Waals surface area contributed by atoms with Gasteiger partial charge in [0.2, 0.25) is 11.6 Å². The Kier molecular flexibility index (Phi) is 45.2. The van der Waals surface area contributed by atoms with Gasteiger partial charge in [-0.3, -0.25) is 9.59 Å². The Hall–Kier alpha value is -4.30. The monoisotopic (exact) mass is 1440 g/mol. The minimum absolute atomic E-state index is 0.00847. The summed E-state index contributed by atoms with van der Waals surface area (Å²) in [6.45, 7) is 13.4. The highest BCUT2D eigenvalue weighted by molar-refractivity contribution is 7.20. The van der Waals surface area contributed by atoms with Gasteiger partial charge in [0, 0.05) is 50.6 Å². The van der Waals surface area contributed by atoms with Crippen molar-refractivity contribution in [3.05, 3.63) is 112 Å². The van der Waals surface area contributed by atoms with Gasteiger partial charge in [0.25, 0.3) is 0 Å². The summed E-state index contributed by atoms with van der Waals surface area (Å²) in [5.74, 6) is 20.2. The van der Waals surface area contributed by atoms with Crippen LogP contribution < -0.4 is 0 Å². The number of ketones is 2. The Morgan fingerprint density at radius 1 is 0.273 bits per heavy atom. The smallest absolute Gasteiger partial charge is 0.205 e. The molecule has 540 valence electrons. The third kappa shape index (κ3) is 30.1. The van der Waals surface area contributed by atoms with Crippen molar-refractivity contribution in [2.24, 2.45) is 0 Å². The zero-order valence-corrected chi connectivity index (χ0v) is 67.7. The number of benzene rings is 2. The molecule has 0 atom stereocenters. The molecule has 8 aromatic rings. The lowest BCUT2D eigenvalue weighted by Crippen LogP contribution is -2.15. The number of hydrogen-bond donors (Lipinski definition) is 0. The van der Waals surface area contributed by atoms with E-state index in [1.165, 1.54) is 349 Å². The highest BCUT2D eigenvalue weighted by atomic mass is 32.1. The first-order chi connectivity index (χ1) is 48.9. The summed E-state index contributed by atoms with van der Waals surface area (Å²) in [5.41, 5.74) is 6.89. The van der Waals surface area contributed by atoms with Crippen LogP contribution in [0, 0.1) is 35.5 Å². The molecule has 1 aliphatic carbocycles. The summed E-state index contributed by atoms with van der Waals surface area (Å²) >= 11 is 10.3. The Morgan fingerprint density at radius 3 is 0.828 bits per heavy atom. The molecule has 6 aromatic heterocycles. The third-order valence-electron chi connectivity index (χ3n) is 19.7. The van der Waals surface area contributed by atoms with Gasteiger partial charge in [-0.2, -0.15) is 0 Å². The lowest BCUT2D eigenvalue weighted by Gasteiger charge is -2.12. The summed E-state index contributed by atoms with van der Waals surface area (Å²) in [7, 11) is 0. The second kappa shape index (κ2) is 53.5. The van der Waals surface area contributed by atoms with Crippen molar-refractivity contribution >= 4 is 120 Å². The summed E-state index contributed by atoms with van der Waals surface area (Å²) in [6, 6.07) is 12.8. The summed E-state index contributed by atoms with van der Waals surface area (Å²) in [6.07, 6.45) is 66.8. The molecular weight excluding hydrogens is 1320 g/mol. The van der Waals surface area contributed by atoms with Crippen molar-refractivity contribution < 1.29 is 9.59 Å². The zero-order valence-electron chi connectivity index (χ0n) is 62.8. The summed E-state index contributed by atoms with van der Waals surface area (Å²) < 4.78 is 5.83. The first-order valence-corrected chi connectivity index (χ1v) is 45.6. The van der Waals surface area contributed by atoms with Crippen LogP contribution in [-0.2, 0) is 12.8 Å². The van der Waals surface area contributed by atoms with Crippen LogP contribution in [0.3, 0.4) is 0 Å². The van der Waals surface area contributed by atoms with Gasteiger partial charge in [0.05, 0.1) is 30.3 Å². The van der Waals surface area contributed by atoms with Crippen molar-refractivity contribution in [1.29, 1.82) is 0 Å².